The summed E-state index contributed by atoms with van der Waals surface area (Å²) < 4.78 is 5.24. The molecule has 0 radical (unpaired) electrons. The van der Waals surface area contributed by atoms with Crippen molar-refractivity contribution < 1.29 is 14.5 Å². The first kappa shape index (κ1) is 14.1. The second-order valence-electron chi connectivity index (χ2n) is 5.75. The first-order valence-corrected chi connectivity index (χ1v) is 7.05. The summed E-state index contributed by atoms with van der Waals surface area (Å²) in [4.78, 5) is 23.6. The molecule has 0 saturated heterocycles. The molecule has 2 atom stereocenters. The van der Waals surface area contributed by atoms with Gasteiger partial charge < -0.3 is 4.74 Å². The number of ether oxygens (including phenoxy) is 1. The Morgan fingerprint density at radius 2 is 2.10 bits per heavy atom. The number of hydrogen-bond donors (Lipinski definition) is 0. The van der Waals surface area contributed by atoms with E-state index in [1.165, 1.54) is 0 Å². The van der Waals surface area contributed by atoms with Gasteiger partial charge in [0, 0.05) is 15.5 Å². The SMILES string of the molecule is CC1=C(C)C[C@]2([N+](=O)[O-])C(=O)Oc3cc(Cl)ccc3[C@@H]2C1. The van der Waals surface area contributed by atoms with Crippen LogP contribution < -0.4 is 4.74 Å². The Morgan fingerprint density at radius 3 is 2.76 bits per heavy atom. The molecule has 0 unspecified atom stereocenters. The number of allylic oxidation sites excluding steroid dienone is 1. The molecule has 1 heterocycles. The Hall–Kier alpha value is -1.88. The highest BCUT2D eigenvalue weighted by Gasteiger charge is 2.63. The Balaban J connectivity index is 2.24. The summed E-state index contributed by atoms with van der Waals surface area (Å²) in [5.41, 5.74) is 0.942. The number of esters is 1. The predicted molar refractivity (Wildman–Crippen MR) is 77.2 cm³/mol. The Morgan fingerprint density at radius 1 is 1.38 bits per heavy atom. The maximum absolute atomic E-state index is 12.4. The number of benzene rings is 1. The van der Waals surface area contributed by atoms with Gasteiger partial charge in [0.25, 0.3) is 0 Å². The van der Waals surface area contributed by atoms with Gasteiger partial charge in [-0.1, -0.05) is 28.8 Å². The number of nitrogens with zero attached hydrogens (tertiary/aromatic N) is 1. The van der Waals surface area contributed by atoms with Gasteiger partial charge in [-0.3, -0.25) is 10.1 Å². The lowest BCUT2D eigenvalue weighted by Crippen LogP contribution is -2.57. The van der Waals surface area contributed by atoms with E-state index in [1.54, 1.807) is 18.2 Å². The molecule has 0 aromatic heterocycles. The molecule has 6 heteroatoms. The summed E-state index contributed by atoms with van der Waals surface area (Å²) in [6.45, 7) is 3.79. The van der Waals surface area contributed by atoms with Crippen LogP contribution >= 0.6 is 11.6 Å². The summed E-state index contributed by atoms with van der Waals surface area (Å²) in [7, 11) is 0. The normalized spacial score (nSPS) is 27.8. The zero-order valence-electron chi connectivity index (χ0n) is 11.7. The quantitative estimate of drug-likeness (QED) is 0.262. The minimum absolute atomic E-state index is 0.0946. The molecule has 0 amide bonds. The molecular formula is C15H14ClNO4. The van der Waals surface area contributed by atoms with Crippen molar-refractivity contribution in [3.63, 3.8) is 0 Å². The molecule has 5 nitrogen and oxygen atoms in total. The molecule has 1 aliphatic heterocycles. The lowest BCUT2D eigenvalue weighted by Gasteiger charge is -2.39. The van der Waals surface area contributed by atoms with Crippen LogP contribution in [-0.4, -0.2) is 16.4 Å². The van der Waals surface area contributed by atoms with Crippen LogP contribution in [0, 0.1) is 10.1 Å². The average molecular weight is 308 g/mol. The third-order valence-electron chi connectivity index (χ3n) is 4.58. The van der Waals surface area contributed by atoms with Gasteiger partial charge in [-0.15, -0.1) is 0 Å². The fourth-order valence-electron chi connectivity index (χ4n) is 3.25. The smallest absolute Gasteiger partial charge is 0.391 e. The van der Waals surface area contributed by atoms with Gasteiger partial charge in [-0.2, -0.15) is 0 Å². The summed E-state index contributed by atoms with van der Waals surface area (Å²) in [5, 5.41) is 12.1. The van der Waals surface area contributed by atoms with E-state index in [-0.39, 0.29) is 6.42 Å². The number of hydrogen-bond acceptors (Lipinski definition) is 4. The number of carbonyl (C=O) groups is 1. The largest absolute Gasteiger partial charge is 0.421 e. The van der Waals surface area contributed by atoms with Crippen LogP contribution in [0.3, 0.4) is 0 Å². The van der Waals surface area contributed by atoms with Crippen LogP contribution in [0.5, 0.6) is 5.75 Å². The van der Waals surface area contributed by atoms with E-state index in [0.717, 1.165) is 11.1 Å². The fourth-order valence-corrected chi connectivity index (χ4v) is 3.41. The number of carbonyl (C=O) groups excluding carboxylic acids is 1. The highest BCUT2D eigenvalue weighted by molar-refractivity contribution is 6.30. The molecule has 0 spiro atoms. The first-order valence-electron chi connectivity index (χ1n) is 6.67. The van der Waals surface area contributed by atoms with Crippen LogP contribution in [0.2, 0.25) is 5.02 Å². The summed E-state index contributed by atoms with van der Waals surface area (Å²) in [5.74, 6) is -0.967. The molecule has 0 fully saturated rings. The average Bonchev–Trinajstić information content (AvgIpc) is 2.40. The zero-order valence-corrected chi connectivity index (χ0v) is 12.4. The zero-order chi connectivity index (χ0) is 15.4. The lowest BCUT2D eigenvalue weighted by atomic mass is 9.67. The van der Waals surface area contributed by atoms with Crippen LogP contribution in [-0.2, 0) is 4.79 Å². The van der Waals surface area contributed by atoms with Crippen molar-refractivity contribution in [2.45, 2.75) is 38.1 Å². The first-order chi connectivity index (χ1) is 9.86. The van der Waals surface area contributed by atoms with Gasteiger partial charge >= 0.3 is 11.5 Å². The number of nitro groups is 1. The Bertz CT molecular complexity index is 697. The van der Waals surface area contributed by atoms with E-state index < -0.39 is 22.3 Å². The third kappa shape index (κ3) is 1.87. The molecule has 0 bridgehead atoms. The van der Waals surface area contributed by atoms with E-state index in [2.05, 4.69) is 0 Å². The lowest BCUT2D eigenvalue weighted by molar-refractivity contribution is -0.561. The molecule has 0 saturated carbocycles. The predicted octanol–water partition coefficient (Wildman–Crippen LogP) is 3.49. The maximum atomic E-state index is 12.4. The molecule has 1 aromatic rings. The van der Waals surface area contributed by atoms with Crippen LogP contribution in [0.4, 0.5) is 0 Å². The van der Waals surface area contributed by atoms with Gasteiger partial charge in [0.1, 0.15) is 5.75 Å². The maximum Gasteiger partial charge on any atom is 0.391 e. The van der Waals surface area contributed by atoms with Gasteiger partial charge in [-0.05, 0) is 32.4 Å². The van der Waals surface area contributed by atoms with Crippen LogP contribution in [0.25, 0.3) is 0 Å². The van der Waals surface area contributed by atoms with Crippen molar-refractivity contribution >= 4 is 17.6 Å². The molecule has 110 valence electrons. The molecular weight excluding hydrogens is 294 g/mol. The molecule has 2 aliphatic rings. The summed E-state index contributed by atoms with van der Waals surface area (Å²) >= 11 is 5.91. The number of halogens is 1. The highest BCUT2D eigenvalue weighted by Crippen LogP contribution is 2.51. The van der Waals surface area contributed by atoms with E-state index in [9.17, 15) is 14.9 Å². The van der Waals surface area contributed by atoms with E-state index in [0.29, 0.717) is 22.8 Å². The molecule has 1 aliphatic carbocycles. The highest BCUT2D eigenvalue weighted by atomic mass is 35.5. The topological polar surface area (TPSA) is 69.4 Å². The minimum atomic E-state index is -1.72. The molecule has 1 aromatic carbocycles. The van der Waals surface area contributed by atoms with E-state index in [4.69, 9.17) is 16.3 Å². The fraction of sp³-hybridized carbons (Fsp3) is 0.400. The van der Waals surface area contributed by atoms with Crippen molar-refractivity contribution in [3.05, 3.63) is 50.0 Å². The van der Waals surface area contributed by atoms with Crippen molar-refractivity contribution in [2.75, 3.05) is 0 Å². The standard InChI is InChI=1S/C15H14ClNO4/c1-8-5-12-11-4-3-10(16)6-13(11)21-14(18)15(12,17(19)20)7-9(8)2/h3-4,6,12H,5,7H2,1-2H3/t12-,15+/m0/s1. The van der Waals surface area contributed by atoms with E-state index >= 15 is 0 Å². The van der Waals surface area contributed by atoms with Crippen molar-refractivity contribution in [3.8, 4) is 5.75 Å². The molecule has 21 heavy (non-hydrogen) atoms. The molecule has 3 rings (SSSR count). The Kier molecular flexibility index (Phi) is 3.06. The summed E-state index contributed by atoms with van der Waals surface area (Å²) in [6.07, 6.45) is 0.577. The van der Waals surface area contributed by atoms with Crippen LogP contribution in [0.15, 0.2) is 29.3 Å². The third-order valence-corrected chi connectivity index (χ3v) is 4.82. The Labute approximate surface area is 126 Å². The van der Waals surface area contributed by atoms with Crippen LogP contribution in [0.1, 0.15) is 38.2 Å². The number of rotatable bonds is 1. The number of fused-ring (bicyclic) bond motifs is 3. The van der Waals surface area contributed by atoms with Gasteiger partial charge in [0.05, 0.1) is 12.3 Å². The monoisotopic (exact) mass is 307 g/mol. The second kappa shape index (κ2) is 4.56. The van der Waals surface area contributed by atoms with Gasteiger partial charge in [0.15, 0.2) is 0 Å². The van der Waals surface area contributed by atoms with E-state index in [1.807, 2.05) is 13.8 Å². The second-order valence-corrected chi connectivity index (χ2v) is 6.18. The molecule has 0 N–H and O–H groups in total. The van der Waals surface area contributed by atoms with Crippen molar-refractivity contribution in [2.24, 2.45) is 0 Å². The minimum Gasteiger partial charge on any atom is -0.421 e. The van der Waals surface area contributed by atoms with Gasteiger partial charge in [-0.25, -0.2) is 4.79 Å². The summed E-state index contributed by atoms with van der Waals surface area (Å²) in [6, 6.07) is 4.94. The van der Waals surface area contributed by atoms with Crippen molar-refractivity contribution in [1.82, 2.24) is 0 Å². The van der Waals surface area contributed by atoms with Gasteiger partial charge in [0.2, 0.25) is 0 Å². The van der Waals surface area contributed by atoms with Crippen molar-refractivity contribution in [1.29, 1.82) is 0 Å².